The molecule has 186 valence electrons. The van der Waals surface area contributed by atoms with E-state index in [2.05, 4.69) is 19.6 Å². The lowest BCUT2D eigenvalue weighted by Gasteiger charge is -2.11. The smallest absolute Gasteiger partial charge is 0.310 e. The Bertz CT molecular complexity index is 484. The lowest BCUT2D eigenvalue weighted by atomic mass is 10.0. The van der Waals surface area contributed by atoms with Crippen molar-refractivity contribution < 1.29 is 19.4 Å². The molecular weight excluding hydrogens is 400 g/mol. The largest absolute Gasteiger partial charge is 0.481 e. The molecule has 0 spiro atoms. The Hall–Kier alpha value is -1.58. The molecule has 0 aliphatic heterocycles. The van der Waals surface area contributed by atoms with Crippen molar-refractivity contribution in [2.24, 2.45) is 5.92 Å². The first kappa shape index (κ1) is 30.4. The van der Waals surface area contributed by atoms with E-state index in [4.69, 9.17) is 9.84 Å². The fourth-order valence-electron chi connectivity index (χ4n) is 3.92. The molecule has 0 heterocycles. The minimum atomic E-state index is -0.975. The fraction of sp³-hybridized carbons (Fsp3) is 0.786. The second kappa shape index (κ2) is 24.1. The van der Waals surface area contributed by atoms with Gasteiger partial charge >= 0.3 is 11.9 Å². The molecule has 4 heteroatoms. The number of hydrogen-bond donors (Lipinski definition) is 1. The van der Waals surface area contributed by atoms with Crippen LogP contribution < -0.4 is 0 Å². The van der Waals surface area contributed by atoms with Gasteiger partial charge in [0.15, 0.2) is 0 Å². The zero-order chi connectivity index (χ0) is 23.7. The number of allylic oxidation sites excluding steroid dienone is 2. The maximum Gasteiger partial charge on any atom is 0.310 e. The quantitative estimate of drug-likeness (QED) is 0.0910. The number of carbonyl (C=O) groups is 2. The van der Waals surface area contributed by atoms with Crippen molar-refractivity contribution in [1.29, 1.82) is 0 Å². The molecule has 0 fully saturated rings. The minimum Gasteiger partial charge on any atom is -0.481 e. The second-order valence-electron chi connectivity index (χ2n) is 9.01. The van der Waals surface area contributed by atoms with E-state index in [-0.39, 0.29) is 13.0 Å². The van der Waals surface area contributed by atoms with Crippen molar-refractivity contribution in [3.63, 3.8) is 0 Å². The summed E-state index contributed by atoms with van der Waals surface area (Å²) in [4.78, 5) is 22.8. The maximum atomic E-state index is 11.9. The SMILES string of the molecule is C=CCOC(=O)C(C/C=C/CCCCCCCCCCCCCCCCCC)CC(=O)O. The molecule has 1 atom stereocenters. The number of carbonyl (C=O) groups excluding carboxylic acids is 1. The maximum absolute atomic E-state index is 11.9. The van der Waals surface area contributed by atoms with Gasteiger partial charge in [-0.2, -0.15) is 0 Å². The number of carboxylic acids is 1. The molecule has 0 aliphatic carbocycles. The van der Waals surface area contributed by atoms with Crippen molar-refractivity contribution in [3.8, 4) is 0 Å². The van der Waals surface area contributed by atoms with Crippen LogP contribution >= 0.6 is 0 Å². The zero-order valence-corrected chi connectivity index (χ0v) is 20.8. The summed E-state index contributed by atoms with van der Waals surface area (Å²) in [5.74, 6) is -2.05. The molecule has 0 aromatic heterocycles. The molecule has 0 saturated carbocycles. The van der Waals surface area contributed by atoms with Crippen LogP contribution in [-0.2, 0) is 14.3 Å². The highest BCUT2D eigenvalue weighted by atomic mass is 16.5. The average Bonchev–Trinajstić information content (AvgIpc) is 2.77. The molecule has 0 aliphatic rings. The molecule has 0 aromatic rings. The first-order valence-corrected chi connectivity index (χ1v) is 13.3. The molecule has 0 bridgehead atoms. The highest BCUT2D eigenvalue weighted by Crippen LogP contribution is 2.15. The van der Waals surface area contributed by atoms with E-state index in [1.807, 2.05) is 6.08 Å². The van der Waals surface area contributed by atoms with Gasteiger partial charge in [-0.25, -0.2) is 0 Å². The van der Waals surface area contributed by atoms with Crippen LogP contribution in [0.2, 0.25) is 0 Å². The Kier molecular flexibility index (Phi) is 22.9. The molecule has 4 nitrogen and oxygen atoms in total. The van der Waals surface area contributed by atoms with Crippen LogP contribution in [0.3, 0.4) is 0 Å². The third-order valence-corrected chi connectivity index (χ3v) is 5.91. The summed E-state index contributed by atoms with van der Waals surface area (Å²) in [6.45, 7) is 5.90. The Morgan fingerprint density at radius 1 is 0.781 bits per heavy atom. The Morgan fingerprint density at radius 3 is 1.69 bits per heavy atom. The summed E-state index contributed by atoms with van der Waals surface area (Å²) < 4.78 is 4.99. The molecule has 0 radical (unpaired) electrons. The monoisotopic (exact) mass is 450 g/mol. The van der Waals surface area contributed by atoms with E-state index < -0.39 is 17.9 Å². The van der Waals surface area contributed by atoms with E-state index in [0.29, 0.717) is 6.42 Å². The average molecular weight is 451 g/mol. The zero-order valence-electron chi connectivity index (χ0n) is 20.8. The van der Waals surface area contributed by atoms with Gasteiger partial charge in [0, 0.05) is 0 Å². The van der Waals surface area contributed by atoms with Crippen LogP contribution in [0, 0.1) is 5.92 Å². The lowest BCUT2D eigenvalue weighted by Crippen LogP contribution is -2.20. The summed E-state index contributed by atoms with van der Waals surface area (Å²) >= 11 is 0. The van der Waals surface area contributed by atoms with E-state index in [9.17, 15) is 9.59 Å². The number of aliphatic carboxylic acids is 1. The van der Waals surface area contributed by atoms with Crippen molar-refractivity contribution in [2.75, 3.05) is 6.61 Å². The van der Waals surface area contributed by atoms with Gasteiger partial charge in [-0.3, -0.25) is 9.59 Å². The normalized spacial score (nSPS) is 12.2. The summed E-state index contributed by atoms with van der Waals surface area (Å²) in [7, 11) is 0. The van der Waals surface area contributed by atoms with Gasteiger partial charge in [0.05, 0.1) is 12.3 Å². The lowest BCUT2D eigenvalue weighted by molar-refractivity contribution is -0.152. The van der Waals surface area contributed by atoms with Gasteiger partial charge in [0.1, 0.15) is 6.61 Å². The molecule has 0 saturated heterocycles. The summed E-state index contributed by atoms with van der Waals surface area (Å²) in [6, 6.07) is 0. The molecular formula is C28H50O4. The number of rotatable bonds is 24. The van der Waals surface area contributed by atoms with Crippen molar-refractivity contribution in [1.82, 2.24) is 0 Å². The van der Waals surface area contributed by atoms with Crippen LogP contribution in [0.25, 0.3) is 0 Å². The van der Waals surface area contributed by atoms with Crippen LogP contribution in [0.5, 0.6) is 0 Å². The molecule has 0 aromatic carbocycles. The Morgan fingerprint density at radius 2 is 1.25 bits per heavy atom. The van der Waals surface area contributed by atoms with E-state index in [1.54, 1.807) is 0 Å². The Balaban J connectivity index is 3.51. The third-order valence-electron chi connectivity index (χ3n) is 5.91. The van der Waals surface area contributed by atoms with Gasteiger partial charge in [-0.05, 0) is 19.3 Å². The van der Waals surface area contributed by atoms with Gasteiger partial charge in [-0.15, -0.1) is 0 Å². The van der Waals surface area contributed by atoms with Gasteiger partial charge in [0.25, 0.3) is 0 Å². The first-order valence-electron chi connectivity index (χ1n) is 13.3. The summed E-state index contributed by atoms with van der Waals surface area (Å²) in [5.41, 5.74) is 0. The minimum absolute atomic E-state index is 0.123. The fourth-order valence-corrected chi connectivity index (χ4v) is 3.92. The number of carboxylic acid groups (broad SMARTS) is 1. The Labute approximate surface area is 197 Å². The highest BCUT2D eigenvalue weighted by molar-refractivity contribution is 5.79. The number of unbranched alkanes of at least 4 members (excludes halogenated alkanes) is 16. The van der Waals surface area contributed by atoms with Gasteiger partial charge < -0.3 is 9.84 Å². The van der Waals surface area contributed by atoms with Crippen LogP contribution in [0.4, 0.5) is 0 Å². The molecule has 32 heavy (non-hydrogen) atoms. The number of ether oxygens (including phenoxy) is 1. The van der Waals surface area contributed by atoms with Crippen molar-refractivity contribution in [2.45, 2.75) is 129 Å². The van der Waals surface area contributed by atoms with E-state index >= 15 is 0 Å². The van der Waals surface area contributed by atoms with Gasteiger partial charge in [-0.1, -0.05) is 128 Å². The van der Waals surface area contributed by atoms with E-state index in [1.165, 1.54) is 102 Å². The van der Waals surface area contributed by atoms with Crippen LogP contribution in [-0.4, -0.2) is 23.7 Å². The molecule has 0 amide bonds. The number of esters is 1. The highest BCUT2D eigenvalue weighted by Gasteiger charge is 2.21. The van der Waals surface area contributed by atoms with Crippen LogP contribution in [0.1, 0.15) is 129 Å². The summed E-state index contributed by atoms with van der Waals surface area (Å²) in [6.07, 6.45) is 28.5. The van der Waals surface area contributed by atoms with E-state index in [0.717, 1.165) is 12.8 Å². The predicted octanol–water partition coefficient (Wildman–Crippen LogP) is 8.40. The van der Waals surface area contributed by atoms with Crippen LogP contribution in [0.15, 0.2) is 24.8 Å². The second-order valence-corrected chi connectivity index (χ2v) is 9.01. The molecule has 1 N–H and O–H groups in total. The standard InChI is InChI=1S/C28H50O4/c1-3-5-6-7-8-9-10-11-12-13-14-15-16-17-18-19-20-21-22-23-26(25-27(29)30)28(31)32-24-4-2/h4,21-22,26H,2-3,5-20,23-25H2,1H3,(H,29,30)/b22-21+. The van der Waals surface area contributed by atoms with Crippen molar-refractivity contribution >= 4 is 11.9 Å². The van der Waals surface area contributed by atoms with Gasteiger partial charge in [0.2, 0.25) is 0 Å². The van der Waals surface area contributed by atoms with Crippen molar-refractivity contribution in [3.05, 3.63) is 24.8 Å². The third kappa shape index (κ3) is 21.6. The topological polar surface area (TPSA) is 63.6 Å². The summed E-state index contributed by atoms with van der Waals surface area (Å²) in [5, 5.41) is 8.96. The first-order chi connectivity index (χ1) is 15.6. The molecule has 1 unspecified atom stereocenters. The number of hydrogen-bond acceptors (Lipinski definition) is 3. The predicted molar refractivity (Wildman–Crippen MR) is 135 cm³/mol. The molecule has 0 rings (SSSR count).